The van der Waals surface area contributed by atoms with E-state index >= 15 is 0 Å². The molecule has 2 fully saturated rings. The average Bonchev–Trinajstić information content (AvgIpc) is 2.52. The molecule has 1 unspecified atom stereocenters. The van der Waals surface area contributed by atoms with Crippen LogP contribution in [0, 0.1) is 0 Å². The summed E-state index contributed by atoms with van der Waals surface area (Å²) >= 11 is 0. The number of rotatable bonds is 6. The summed E-state index contributed by atoms with van der Waals surface area (Å²) < 4.78 is 10.2. The molecule has 7 nitrogen and oxygen atoms in total. The largest absolute Gasteiger partial charge is 0.382 e. The van der Waals surface area contributed by atoms with E-state index in [1.165, 1.54) is 0 Å². The van der Waals surface area contributed by atoms with Crippen LogP contribution in [0.3, 0.4) is 0 Å². The second kappa shape index (κ2) is 9.99. The summed E-state index contributed by atoms with van der Waals surface area (Å²) in [6.07, 6.45) is 1.91. The number of amides is 2. The zero-order valence-corrected chi connectivity index (χ0v) is 13.9. The standard InChI is InChI=1S/C14H25N3O4.ClH/c1-20-7-8-21-11-14(19)16-5-2-3-12(10-16)17-6-4-15-9-13(17)18;/h12,15H,2-11H2,1H3;1H. The van der Waals surface area contributed by atoms with Gasteiger partial charge in [-0.05, 0) is 12.8 Å². The van der Waals surface area contributed by atoms with Crippen LogP contribution in [0.1, 0.15) is 12.8 Å². The van der Waals surface area contributed by atoms with E-state index in [0.717, 1.165) is 32.5 Å². The first kappa shape index (κ1) is 19.2. The topological polar surface area (TPSA) is 71.1 Å². The van der Waals surface area contributed by atoms with Crippen molar-refractivity contribution >= 4 is 24.2 Å². The Bertz CT molecular complexity index is 370. The fourth-order valence-corrected chi connectivity index (χ4v) is 2.84. The molecule has 0 aromatic heterocycles. The smallest absolute Gasteiger partial charge is 0.248 e. The van der Waals surface area contributed by atoms with Gasteiger partial charge in [-0.15, -0.1) is 12.4 Å². The van der Waals surface area contributed by atoms with E-state index in [4.69, 9.17) is 9.47 Å². The number of carbonyl (C=O) groups is 2. The van der Waals surface area contributed by atoms with Crippen molar-refractivity contribution in [3.05, 3.63) is 0 Å². The molecule has 0 radical (unpaired) electrons. The zero-order chi connectivity index (χ0) is 15.1. The van der Waals surface area contributed by atoms with Crippen molar-refractivity contribution in [2.75, 3.05) is 59.7 Å². The quantitative estimate of drug-likeness (QED) is 0.662. The summed E-state index contributed by atoms with van der Waals surface area (Å²) in [6, 6.07) is 0.149. The van der Waals surface area contributed by atoms with Gasteiger partial charge in [-0.2, -0.15) is 0 Å². The lowest BCUT2D eigenvalue weighted by atomic mass is 10.0. The van der Waals surface area contributed by atoms with Gasteiger partial charge >= 0.3 is 0 Å². The second-order valence-corrected chi connectivity index (χ2v) is 5.45. The van der Waals surface area contributed by atoms with E-state index in [9.17, 15) is 9.59 Å². The Morgan fingerprint density at radius 3 is 2.91 bits per heavy atom. The van der Waals surface area contributed by atoms with Crippen LogP contribution >= 0.6 is 12.4 Å². The molecule has 2 aliphatic rings. The number of likely N-dealkylation sites (tertiary alicyclic amines) is 1. The molecular formula is C14H26ClN3O4. The van der Waals surface area contributed by atoms with Gasteiger partial charge in [0.2, 0.25) is 11.8 Å². The Morgan fingerprint density at radius 2 is 2.18 bits per heavy atom. The minimum absolute atomic E-state index is 0. The highest BCUT2D eigenvalue weighted by Crippen LogP contribution is 2.17. The fraction of sp³-hybridized carbons (Fsp3) is 0.857. The first-order valence-corrected chi connectivity index (χ1v) is 7.57. The van der Waals surface area contributed by atoms with Crippen LogP contribution in [0.4, 0.5) is 0 Å². The van der Waals surface area contributed by atoms with E-state index in [-0.39, 0.29) is 36.9 Å². The Kier molecular flexibility index (Phi) is 8.70. The second-order valence-electron chi connectivity index (χ2n) is 5.45. The summed E-state index contributed by atoms with van der Waals surface area (Å²) in [5, 5.41) is 3.07. The van der Waals surface area contributed by atoms with Crippen molar-refractivity contribution in [1.29, 1.82) is 0 Å². The molecule has 2 rings (SSSR count). The van der Waals surface area contributed by atoms with E-state index in [1.807, 2.05) is 9.80 Å². The SMILES string of the molecule is COCCOCC(=O)N1CCCC(N2CCNCC2=O)C1.Cl. The zero-order valence-electron chi connectivity index (χ0n) is 13.1. The van der Waals surface area contributed by atoms with Gasteiger partial charge in [0.05, 0.1) is 19.8 Å². The molecule has 0 saturated carbocycles. The predicted molar refractivity (Wildman–Crippen MR) is 84.1 cm³/mol. The highest BCUT2D eigenvalue weighted by atomic mass is 35.5. The van der Waals surface area contributed by atoms with Crippen molar-refractivity contribution in [3.63, 3.8) is 0 Å². The normalized spacial score (nSPS) is 22.4. The molecule has 128 valence electrons. The molecule has 2 amide bonds. The lowest BCUT2D eigenvalue weighted by molar-refractivity contribution is -0.143. The predicted octanol–water partition coefficient (Wildman–Crippen LogP) is -0.506. The number of piperidine rings is 1. The number of hydrogen-bond acceptors (Lipinski definition) is 5. The highest BCUT2D eigenvalue weighted by molar-refractivity contribution is 5.85. The van der Waals surface area contributed by atoms with Crippen molar-refractivity contribution < 1.29 is 19.1 Å². The lowest BCUT2D eigenvalue weighted by Crippen LogP contribution is -2.57. The van der Waals surface area contributed by atoms with Crippen LogP contribution in [0.2, 0.25) is 0 Å². The van der Waals surface area contributed by atoms with E-state index in [2.05, 4.69) is 5.32 Å². The first-order chi connectivity index (χ1) is 10.2. The van der Waals surface area contributed by atoms with Gasteiger partial charge in [-0.1, -0.05) is 0 Å². The Morgan fingerprint density at radius 1 is 1.36 bits per heavy atom. The van der Waals surface area contributed by atoms with Gasteiger partial charge in [-0.25, -0.2) is 0 Å². The molecule has 1 N–H and O–H groups in total. The number of halogens is 1. The molecule has 0 bridgehead atoms. The molecule has 2 heterocycles. The summed E-state index contributed by atoms with van der Waals surface area (Å²) in [5.74, 6) is 0.135. The number of ether oxygens (including phenoxy) is 2. The van der Waals surface area contributed by atoms with Crippen LogP contribution < -0.4 is 5.32 Å². The highest BCUT2D eigenvalue weighted by Gasteiger charge is 2.31. The summed E-state index contributed by atoms with van der Waals surface area (Å²) in [6.45, 7) is 4.35. The molecular weight excluding hydrogens is 310 g/mol. The number of methoxy groups -OCH3 is 1. The monoisotopic (exact) mass is 335 g/mol. The number of carbonyl (C=O) groups excluding carboxylic acids is 2. The molecule has 2 saturated heterocycles. The minimum atomic E-state index is -0.00149. The van der Waals surface area contributed by atoms with Crippen LogP contribution in [0.15, 0.2) is 0 Å². The molecule has 0 aromatic carbocycles. The fourth-order valence-electron chi connectivity index (χ4n) is 2.84. The maximum Gasteiger partial charge on any atom is 0.248 e. The Labute approximate surface area is 137 Å². The van der Waals surface area contributed by atoms with Crippen LogP contribution in [0.5, 0.6) is 0 Å². The molecule has 0 spiro atoms. The molecule has 8 heteroatoms. The summed E-state index contributed by atoms with van der Waals surface area (Å²) in [4.78, 5) is 27.8. The average molecular weight is 336 g/mol. The third-order valence-electron chi connectivity index (χ3n) is 3.97. The lowest BCUT2D eigenvalue weighted by Gasteiger charge is -2.41. The first-order valence-electron chi connectivity index (χ1n) is 7.57. The van der Waals surface area contributed by atoms with Crippen molar-refractivity contribution in [2.24, 2.45) is 0 Å². The summed E-state index contributed by atoms with van der Waals surface area (Å²) in [7, 11) is 1.60. The Hall–Kier alpha value is -0.890. The van der Waals surface area contributed by atoms with Crippen molar-refractivity contribution in [3.8, 4) is 0 Å². The molecule has 0 aliphatic carbocycles. The van der Waals surface area contributed by atoms with Gasteiger partial charge in [-0.3, -0.25) is 9.59 Å². The van der Waals surface area contributed by atoms with Gasteiger partial charge in [0, 0.05) is 39.3 Å². The van der Waals surface area contributed by atoms with E-state index in [1.54, 1.807) is 7.11 Å². The maximum absolute atomic E-state index is 12.1. The number of hydrogen-bond donors (Lipinski definition) is 1. The van der Waals surface area contributed by atoms with Gasteiger partial charge in [0.15, 0.2) is 0 Å². The van der Waals surface area contributed by atoms with E-state index < -0.39 is 0 Å². The third-order valence-corrected chi connectivity index (χ3v) is 3.97. The number of nitrogens with one attached hydrogen (secondary N) is 1. The molecule has 1 atom stereocenters. The van der Waals surface area contributed by atoms with Crippen LogP contribution in [0.25, 0.3) is 0 Å². The van der Waals surface area contributed by atoms with Crippen molar-refractivity contribution in [1.82, 2.24) is 15.1 Å². The number of nitrogens with zero attached hydrogens (tertiary/aromatic N) is 2. The van der Waals surface area contributed by atoms with E-state index in [0.29, 0.717) is 26.3 Å². The third kappa shape index (κ3) is 5.39. The van der Waals surface area contributed by atoms with Crippen molar-refractivity contribution in [2.45, 2.75) is 18.9 Å². The molecule has 0 aromatic rings. The molecule has 22 heavy (non-hydrogen) atoms. The molecule has 2 aliphatic heterocycles. The number of piperazine rings is 1. The minimum Gasteiger partial charge on any atom is -0.382 e. The van der Waals surface area contributed by atoms with Gasteiger partial charge in [0.1, 0.15) is 6.61 Å². The summed E-state index contributed by atoms with van der Waals surface area (Å²) in [5.41, 5.74) is 0. The van der Waals surface area contributed by atoms with Gasteiger partial charge in [0.25, 0.3) is 0 Å². The Balaban J connectivity index is 0.00000242. The maximum atomic E-state index is 12.1. The van der Waals surface area contributed by atoms with Gasteiger partial charge < -0.3 is 24.6 Å². The van der Waals surface area contributed by atoms with Crippen LogP contribution in [-0.2, 0) is 19.1 Å². The van der Waals surface area contributed by atoms with Crippen LogP contribution in [-0.4, -0.2) is 87.3 Å².